The van der Waals surface area contributed by atoms with Crippen LogP contribution in [0, 0.1) is 19.7 Å². The molecule has 0 unspecified atom stereocenters. The first-order valence-corrected chi connectivity index (χ1v) is 8.24. The number of rotatable bonds is 6. The van der Waals surface area contributed by atoms with Crippen molar-refractivity contribution in [3.05, 3.63) is 76.9 Å². The Kier molecular flexibility index (Phi) is 5.14. The summed E-state index contributed by atoms with van der Waals surface area (Å²) < 4.78 is 20.7. The van der Waals surface area contributed by atoms with E-state index >= 15 is 0 Å². The molecule has 0 aliphatic carbocycles. The predicted octanol–water partition coefficient (Wildman–Crippen LogP) is 3.93. The molecule has 3 aromatic rings. The molecule has 0 radical (unpaired) electrons. The third-order valence-electron chi connectivity index (χ3n) is 4.30. The van der Waals surface area contributed by atoms with E-state index in [0.717, 1.165) is 28.2 Å². The summed E-state index contributed by atoms with van der Waals surface area (Å²) in [5.74, 6) is 0.421. The quantitative estimate of drug-likeness (QED) is 0.740. The van der Waals surface area contributed by atoms with Crippen LogP contribution in [-0.4, -0.2) is 16.9 Å². The first-order valence-electron chi connectivity index (χ1n) is 8.24. The van der Waals surface area contributed by atoms with Gasteiger partial charge in [-0.25, -0.2) is 9.07 Å². The summed E-state index contributed by atoms with van der Waals surface area (Å²) in [4.78, 5) is 0. The van der Waals surface area contributed by atoms with Crippen LogP contribution >= 0.6 is 0 Å². The zero-order valence-corrected chi connectivity index (χ0v) is 14.7. The van der Waals surface area contributed by atoms with E-state index in [-0.39, 0.29) is 5.82 Å². The van der Waals surface area contributed by atoms with E-state index in [1.54, 1.807) is 13.2 Å². The minimum absolute atomic E-state index is 0.262. The maximum atomic E-state index is 13.5. The van der Waals surface area contributed by atoms with Crippen molar-refractivity contribution in [1.29, 1.82) is 0 Å². The van der Waals surface area contributed by atoms with Crippen LogP contribution in [0.4, 0.5) is 4.39 Å². The van der Waals surface area contributed by atoms with E-state index in [1.807, 2.05) is 41.9 Å². The molecule has 130 valence electrons. The van der Waals surface area contributed by atoms with E-state index in [9.17, 15) is 4.39 Å². The molecule has 2 aromatic carbocycles. The topological polar surface area (TPSA) is 39.1 Å². The lowest BCUT2D eigenvalue weighted by atomic mass is 10.1. The van der Waals surface area contributed by atoms with Crippen LogP contribution in [0.3, 0.4) is 0 Å². The van der Waals surface area contributed by atoms with Crippen molar-refractivity contribution >= 4 is 0 Å². The van der Waals surface area contributed by atoms with E-state index in [2.05, 4.69) is 17.3 Å². The van der Waals surface area contributed by atoms with Gasteiger partial charge in [-0.2, -0.15) is 5.10 Å². The number of halogens is 1. The minimum Gasteiger partial charge on any atom is -0.496 e. The molecule has 0 aliphatic heterocycles. The van der Waals surface area contributed by atoms with Crippen molar-refractivity contribution in [1.82, 2.24) is 15.1 Å². The van der Waals surface area contributed by atoms with Crippen LogP contribution < -0.4 is 10.1 Å². The van der Waals surface area contributed by atoms with Crippen molar-refractivity contribution in [2.45, 2.75) is 26.9 Å². The van der Waals surface area contributed by atoms with Gasteiger partial charge in [0, 0.05) is 29.9 Å². The highest BCUT2D eigenvalue weighted by molar-refractivity contribution is 5.37. The molecule has 0 fully saturated rings. The highest BCUT2D eigenvalue weighted by Gasteiger charge is 2.13. The lowest BCUT2D eigenvalue weighted by molar-refractivity contribution is 0.406. The molecule has 25 heavy (non-hydrogen) atoms. The fourth-order valence-corrected chi connectivity index (χ4v) is 2.96. The fourth-order valence-electron chi connectivity index (χ4n) is 2.96. The monoisotopic (exact) mass is 339 g/mol. The second-order valence-corrected chi connectivity index (χ2v) is 5.96. The smallest absolute Gasteiger partial charge is 0.123 e. The lowest BCUT2D eigenvalue weighted by Crippen LogP contribution is -2.14. The van der Waals surface area contributed by atoms with E-state index in [4.69, 9.17) is 4.74 Å². The van der Waals surface area contributed by atoms with Crippen LogP contribution in [0.5, 0.6) is 5.75 Å². The SMILES string of the molecule is COc1ccc(F)cc1CNCc1c(C)nn(-c2ccccc2)c1C. The van der Waals surface area contributed by atoms with Crippen molar-refractivity contribution in [2.24, 2.45) is 0 Å². The Bertz CT molecular complexity index is 859. The second kappa shape index (κ2) is 7.49. The zero-order valence-electron chi connectivity index (χ0n) is 14.7. The van der Waals surface area contributed by atoms with Gasteiger partial charge in [0.25, 0.3) is 0 Å². The second-order valence-electron chi connectivity index (χ2n) is 5.96. The predicted molar refractivity (Wildman–Crippen MR) is 96.5 cm³/mol. The summed E-state index contributed by atoms with van der Waals surface area (Å²) in [5, 5.41) is 8.01. The van der Waals surface area contributed by atoms with Gasteiger partial charge in [0.05, 0.1) is 18.5 Å². The molecule has 4 nitrogen and oxygen atoms in total. The largest absolute Gasteiger partial charge is 0.496 e. The normalized spacial score (nSPS) is 10.9. The van der Waals surface area contributed by atoms with Gasteiger partial charge in [-0.1, -0.05) is 18.2 Å². The molecule has 1 aromatic heterocycles. The number of nitrogens with one attached hydrogen (secondary N) is 1. The standard InChI is InChI=1S/C20H22FN3O/c1-14-19(15(2)24(23-14)18-7-5-4-6-8-18)13-22-12-16-11-17(21)9-10-20(16)25-3/h4-11,22H,12-13H2,1-3H3. The summed E-state index contributed by atoms with van der Waals surface area (Å²) in [7, 11) is 1.59. The van der Waals surface area contributed by atoms with Gasteiger partial charge in [0.15, 0.2) is 0 Å². The average Bonchev–Trinajstić information content (AvgIpc) is 2.91. The van der Waals surface area contributed by atoms with E-state index < -0.39 is 0 Å². The molecular weight excluding hydrogens is 317 g/mol. The highest BCUT2D eigenvalue weighted by Crippen LogP contribution is 2.20. The van der Waals surface area contributed by atoms with Gasteiger partial charge in [0.1, 0.15) is 11.6 Å². The van der Waals surface area contributed by atoms with Gasteiger partial charge < -0.3 is 10.1 Å². The Morgan fingerprint density at radius 3 is 2.56 bits per heavy atom. The highest BCUT2D eigenvalue weighted by atomic mass is 19.1. The molecule has 0 saturated heterocycles. The van der Waals surface area contributed by atoms with Crippen molar-refractivity contribution < 1.29 is 9.13 Å². The average molecular weight is 339 g/mol. The number of methoxy groups -OCH3 is 1. The number of hydrogen-bond donors (Lipinski definition) is 1. The Morgan fingerprint density at radius 1 is 1.08 bits per heavy atom. The van der Waals surface area contributed by atoms with Crippen LogP contribution in [0.2, 0.25) is 0 Å². The zero-order chi connectivity index (χ0) is 17.8. The summed E-state index contributed by atoms with van der Waals surface area (Å²) >= 11 is 0. The molecule has 5 heteroatoms. The molecule has 0 spiro atoms. The van der Waals surface area contributed by atoms with Gasteiger partial charge in [0.2, 0.25) is 0 Å². The number of ether oxygens (including phenoxy) is 1. The molecule has 1 N–H and O–H groups in total. The molecule has 0 amide bonds. The van der Waals surface area contributed by atoms with Crippen molar-refractivity contribution in [3.8, 4) is 11.4 Å². The molecule has 0 atom stereocenters. The molecule has 0 aliphatic rings. The van der Waals surface area contributed by atoms with Crippen molar-refractivity contribution in [2.75, 3.05) is 7.11 Å². The molecular formula is C20H22FN3O. The number of aryl methyl sites for hydroxylation is 1. The molecule has 0 bridgehead atoms. The number of hydrogen-bond acceptors (Lipinski definition) is 3. The number of para-hydroxylation sites is 1. The number of nitrogens with zero attached hydrogens (tertiary/aromatic N) is 2. The van der Waals surface area contributed by atoms with Crippen LogP contribution in [0.15, 0.2) is 48.5 Å². The minimum atomic E-state index is -0.262. The number of aromatic nitrogens is 2. The third kappa shape index (κ3) is 3.72. The summed E-state index contributed by atoms with van der Waals surface area (Å²) in [6, 6.07) is 14.6. The van der Waals surface area contributed by atoms with Gasteiger partial charge in [-0.15, -0.1) is 0 Å². The van der Waals surface area contributed by atoms with Crippen LogP contribution in [0.25, 0.3) is 5.69 Å². The van der Waals surface area contributed by atoms with Crippen LogP contribution in [-0.2, 0) is 13.1 Å². The van der Waals surface area contributed by atoms with E-state index in [1.165, 1.54) is 12.1 Å². The van der Waals surface area contributed by atoms with Crippen molar-refractivity contribution in [3.63, 3.8) is 0 Å². The Balaban J connectivity index is 1.74. The Labute approximate surface area is 147 Å². The summed E-state index contributed by atoms with van der Waals surface area (Å²) in [6.07, 6.45) is 0. The van der Waals surface area contributed by atoms with E-state index in [0.29, 0.717) is 18.8 Å². The Morgan fingerprint density at radius 2 is 1.84 bits per heavy atom. The first-order chi connectivity index (χ1) is 12.1. The van der Waals surface area contributed by atoms with Crippen LogP contribution in [0.1, 0.15) is 22.5 Å². The first kappa shape index (κ1) is 17.2. The molecule has 1 heterocycles. The van der Waals surface area contributed by atoms with Gasteiger partial charge in [-0.3, -0.25) is 0 Å². The maximum absolute atomic E-state index is 13.5. The summed E-state index contributed by atoms with van der Waals surface area (Å²) in [6.45, 7) is 5.25. The lowest BCUT2D eigenvalue weighted by Gasteiger charge is -2.10. The van der Waals surface area contributed by atoms with Gasteiger partial charge in [-0.05, 0) is 44.2 Å². The fraction of sp³-hybridized carbons (Fsp3) is 0.250. The summed E-state index contributed by atoms with van der Waals surface area (Å²) in [5.41, 5.74) is 5.08. The molecule has 3 rings (SSSR count). The van der Waals surface area contributed by atoms with Gasteiger partial charge >= 0.3 is 0 Å². The third-order valence-corrected chi connectivity index (χ3v) is 4.30. The maximum Gasteiger partial charge on any atom is 0.123 e. The Hall–Kier alpha value is -2.66. The number of benzene rings is 2. The molecule has 0 saturated carbocycles.